The van der Waals surface area contributed by atoms with Gasteiger partial charge in [0.1, 0.15) is 0 Å². The van der Waals surface area contributed by atoms with Gasteiger partial charge in [-0.1, -0.05) is 0 Å². The molecule has 0 amide bonds. The Hall–Kier alpha value is -0.480. The molecule has 0 atom stereocenters. The zero-order chi connectivity index (χ0) is 5.54. The van der Waals surface area contributed by atoms with Gasteiger partial charge in [0.2, 0.25) is 0 Å². The number of allylic oxidation sites excluding steroid dienone is 1. The van der Waals surface area contributed by atoms with Crippen LogP contribution in [-0.4, -0.2) is 0 Å². The van der Waals surface area contributed by atoms with E-state index in [1.54, 1.807) is 0 Å². The van der Waals surface area contributed by atoms with Crippen molar-refractivity contribution in [2.24, 2.45) is 0 Å². The fraction of sp³-hybridized carbons (Fsp3) is 0.286. The summed E-state index contributed by atoms with van der Waals surface area (Å²) in [4.78, 5) is 0. The molecule has 0 nitrogen and oxygen atoms in total. The SMILES string of the molecule is [CH2]CC=C=CC[CH2]. The van der Waals surface area contributed by atoms with Gasteiger partial charge < -0.3 is 0 Å². The molecule has 0 N–H and O–H groups in total. The van der Waals surface area contributed by atoms with Crippen molar-refractivity contribution in [1.29, 1.82) is 0 Å². The minimum absolute atomic E-state index is 0.816. The van der Waals surface area contributed by atoms with Crippen LogP contribution in [0, 0.1) is 13.8 Å². The van der Waals surface area contributed by atoms with Gasteiger partial charge in [0.05, 0.1) is 0 Å². The van der Waals surface area contributed by atoms with E-state index in [0.717, 1.165) is 12.8 Å². The summed E-state index contributed by atoms with van der Waals surface area (Å²) in [5.41, 5.74) is 2.91. The molecule has 2 radical (unpaired) electrons. The molecular formula is C7H10. The monoisotopic (exact) mass is 94.1 g/mol. The fourth-order valence-electron chi connectivity index (χ4n) is 0.250. The van der Waals surface area contributed by atoms with Crippen molar-refractivity contribution in [3.05, 3.63) is 31.7 Å². The third-order valence-electron chi connectivity index (χ3n) is 0.524. The summed E-state index contributed by atoms with van der Waals surface area (Å²) < 4.78 is 0. The predicted octanol–water partition coefficient (Wildman–Crippen LogP) is 2.15. The van der Waals surface area contributed by atoms with Gasteiger partial charge in [-0.15, -0.1) is 5.73 Å². The maximum Gasteiger partial charge on any atom is -0.0274 e. The molecular weight excluding hydrogens is 84.1 g/mol. The molecule has 7 heavy (non-hydrogen) atoms. The van der Waals surface area contributed by atoms with Crippen molar-refractivity contribution in [1.82, 2.24) is 0 Å². The van der Waals surface area contributed by atoms with Crippen LogP contribution in [0.1, 0.15) is 12.8 Å². The first-order valence-corrected chi connectivity index (χ1v) is 2.39. The largest absolute Gasteiger partial charge is 0.130 e. The highest BCUT2D eigenvalue weighted by Gasteiger charge is 1.57. The summed E-state index contributed by atoms with van der Waals surface area (Å²) in [7, 11) is 0. The topological polar surface area (TPSA) is 0 Å². The van der Waals surface area contributed by atoms with E-state index in [-0.39, 0.29) is 0 Å². The van der Waals surface area contributed by atoms with Gasteiger partial charge in [0, 0.05) is 0 Å². The van der Waals surface area contributed by atoms with E-state index in [0.29, 0.717) is 0 Å². The van der Waals surface area contributed by atoms with Crippen LogP contribution in [0.5, 0.6) is 0 Å². The lowest BCUT2D eigenvalue weighted by atomic mass is 10.4. The molecule has 0 aromatic rings. The van der Waals surface area contributed by atoms with Gasteiger partial charge in [-0.2, -0.15) is 0 Å². The second kappa shape index (κ2) is 5.52. The Morgan fingerprint density at radius 3 is 1.86 bits per heavy atom. The molecule has 0 aliphatic rings. The van der Waals surface area contributed by atoms with Gasteiger partial charge in [0.15, 0.2) is 0 Å². The van der Waals surface area contributed by atoms with Crippen LogP contribution in [0.25, 0.3) is 0 Å². The van der Waals surface area contributed by atoms with Gasteiger partial charge in [0.25, 0.3) is 0 Å². The zero-order valence-corrected chi connectivity index (χ0v) is 4.48. The highest BCUT2D eigenvalue weighted by Crippen LogP contribution is 1.76. The molecule has 0 aliphatic carbocycles. The van der Waals surface area contributed by atoms with Gasteiger partial charge in [-0.3, -0.25) is 0 Å². The Labute approximate surface area is 45.5 Å². The molecule has 0 aromatic carbocycles. The first-order chi connectivity index (χ1) is 3.41. The summed E-state index contributed by atoms with van der Waals surface area (Å²) >= 11 is 0. The summed E-state index contributed by atoms with van der Waals surface area (Å²) in [5, 5.41) is 0. The van der Waals surface area contributed by atoms with Crippen LogP contribution in [0.2, 0.25) is 0 Å². The Kier molecular flexibility index (Phi) is 5.14. The van der Waals surface area contributed by atoms with Crippen LogP contribution in [-0.2, 0) is 0 Å². The highest BCUT2D eigenvalue weighted by molar-refractivity contribution is 4.85. The molecule has 0 aromatic heterocycles. The summed E-state index contributed by atoms with van der Waals surface area (Å²) in [6.45, 7) is 7.20. The lowest BCUT2D eigenvalue weighted by molar-refractivity contribution is 1.37. The van der Waals surface area contributed by atoms with E-state index >= 15 is 0 Å². The Balaban J connectivity index is 3.21. The molecule has 0 fully saturated rings. The predicted molar refractivity (Wildman–Crippen MR) is 32.6 cm³/mol. The van der Waals surface area contributed by atoms with Crippen molar-refractivity contribution in [2.45, 2.75) is 12.8 Å². The van der Waals surface area contributed by atoms with Crippen LogP contribution in [0.15, 0.2) is 17.9 Å². The Morgan fingerprint density at radius 2 is 1.57 bits per heavy atom. The van der Waals surface area contributed by atoms with Crippen molar-refractivity contribution in [3.63, 3.8) is 0 Å². The summed E-state index contributed by atoms with van der Waals surface area (Å²) in [6.07, 6.45) is 5.39. The number of hydrogen-bond acceptors (Lipinski definition) is 0. The lowest BCUT2D eigenvalue weighted by Gasteiger charge is -1.67. The third kappa shape index (κ3) is 5.52. The van der Waals surface area contributed by atoms with Gasteiger partial charge in [-0.25, -0.2) is 0 Å². The Morgan fingerprint density at radius 1 is 1.14 bits per heavy atom. The van der Waals surface area contributed by atoms with E-state index in [1.165, 1.54) is 0 Å². The summed E-state index contributed by atoms with van der Waals surface area (Å²) in [5.74, 6) is 0. The molecule has 0 saturated carbocycles. The van der Waals surface area contributed by atoms with E-state index in [9.17, 15) is 0 Å². The minimum Gasteiger partial charge on any atom is -0.130 e. The number of hydrogen-bond donors (Lipinski definition) is 0. The average molecular weight is 94.2 g/mol. The first kappa shape index (κ1) is 6.52. The van der Waals surface area contributed by atoms with Crippen LogP contribution >= 0.6 is 0 Å². The van der Waals surface area contributed by atoms with Crippen molar-refractivity contribution in [3.8, 4) is 0 Å². The molecule has 0 unspecified atom stereocenters. The highest BCUT2D eigenvalue weighted by atomic mass is 13.6. The average Bonchev–Trinajstić information content (AvgIpc) is 1.69. The Bertz CT molecular complexity index is 66.0. The van der Waals surface area contributed by atoms with E-state index in [1.807, 2.05) is 12.2 Å². The van der Waals surface area contributed by atoms with Crippen molar-refractivity contribution in [2.75, 3.05) is 0 Å². The fourth-order valence-corrected chi connectivity index (χ4v) is 0.250. The van der Waals surface area contributed by atoms with Crippen molar-refractivity contribution >= 4 is 0 Å². The van der Waals surface area contributed by atoms with Gasteiger partial charge >= 0.3 is 0 Å². The van der Waals surface area contributed by atoms with E-state index < -0.39 is 0 Å². The molecule has 0 bridgehead atoms. The maximum atomic E-state index is 3.60. The van der Waals surface area contributed by atoms with Crippen LogP contribution in [0.3, 0.4) is 0 Å². The standard InChI is InChI=1S/C7H10/c1-3-5-7-6-4-2/h5-6H,1-4H2. The maximum absolute atomic E-state index is 3.60. The normalized spacial score (nSPS) is 7.14. The molecule has 0 heteroatoms. The lowest BCUT2D eigenvalue weighted by Crippen LogP contribution is -1.48. The molecule has 0 spiro atoms. The third-order valence-corrected chi connectivity index (χ3v) is 0.524. The number of rotatable bonds is 2. The van der Waals surface area contributed by atoms with E-state index in [2.05, 4.69) is 19.6 Å². The van der Waals surface area contributed by atoms with E-state index in [4.69, 9.17) is 0 Å². The molecule has 0 rings (SSSR count). The second-order valence-electron chi connectivity index (χ2n) is 1.15. The minimum atomic E-state index is 0.816. The van der Waals surface area contributed by atoms with Crippen molar-refractivity contribution < 1.29 is 0 Å². The smallest absolute Gasteiger partial charge is 0.0274 e. The molecule has 0 saturated heterocycles. The molecule has 0 heterocycles. The van der Waals surface area contributed by atoms with Crippen LogP contribution < -0.4 is 0 Å². The first-order valence-electron chi connectivity index (χ1n) is 2.39. The van der Waals surface area contributed by atoms with Crippen LogP contribution in [0.4, 0.5) is 0 Å². The molecule has 0 aliphatic heterocycles. The second-order valence-corrected chi connectivity index (χ2v) is 1.15. The zero-order valence-electron chi connectivity index (χ0n) is 4.48. The quantitative estimate of drug-likeness (QED) is 0.460. The molecule has 38 valence electrons. The van der Waals surface area contributed by atoms with Gasteiger partial charge in [-0.05, 0) is 38.8 Å². The summed E-state index contributed by atoms with van der Waals surface area (Å²) in [6, 6.07) is 0.